The van der Waals surface area contributed by atoms with Gasteiger partial charge in [0.15, 0.2) is 0 Å². The van der Waals surface area contributed by atoms with Gasteiger partial charge in [-0.2, -0.15) is 18.4 Å². The van der Waals surface area contributed by atoms with Crippen molar-refractivity contribution in [3.8, 4) is 6.07 Å². The number of nitrogens with one attached hydrogen (secondary N) is 1. The first-order valence-electron chi connectivity index (χ1n) is 21.6. The van der Waals surface area contributed by atoms with Crippen molar-refractivity contribution in [1.82, 2.24) is 20.0 Å². The Balaban J connectivity index is 0.740. The molecule has 6 aliphatic heterocycles. The number of hydrogen-bond donors (Lipinski definition) is 1. The lowest BCUT2D eigenvalue weighted by molar-refractivity contribution is -0.138. The van der Waals surface area contributed by atoms with E-state index in [0.29, 0.717) is 36.9 Å². The molecule has 5 amide bonds. The molecule has 0 aromatic heterocycles. The predicted molar refractivity (Wildman–Crippen MR) is 224 cm³/mol. The summed E-state index contributed by atoms with van der Waals surface area (Å²) >= 11 is 0. The van der Waals surface area contributed by atoms with Gasteiger partial charge in [0, 0.05) is 100 Å². The Labute approximate surface area is 358 Å². The van der Waals surface area contributed by atoms with Gasteiger partial charge in [-0.25, -0.2) is 0 Å². The van der Waals surface area contributed by atoms with E-state index in [-0.39, 0.29) is 46.9 Å². The molecule has 0 radical (unpaired) electrons. The topological polar surface area (TPSA) is 141 Å². The SMILES string of the molecule is CC1N(c2ccc(C#N)c(C(F)(F)F)c2)CCC12CCN(c1ccc(C(=O)N3CCN(C4CCN(c5ccc6c(c5)C(=O)N(C5CCC(=O)NC5=O)C6=O)CC4)CC3)cc1)CC2. The number of benzene rings is 3. The van der Waals surface area contributed by atoms with Crippen LogP contribution in [0.4, 0.5) is 30.2 Å². The summed E-state index contributed by atoms with van der Waals surface area (Å²) in [5.74, 6) is -2.04. The zero-order valence-electron chi connectivity index (χ0n) is 34.6. The van der Waals surface area contributed by atoms with Crippen LogP contribution in [0.25, 0.3) is 0 Å². The first-order valence-corrected chi connectivity index (χ1v) is 21.6. The van der Waals surface area contributed by atoms with Gasteiger partial charge in [-0.1, -0.05) is 0 Å². The molecular formula is C46H49F3N8O5. The summed E-state index contributed by atoms with van der Waals surface area (Å²) in [5.41, 5.74) is 2.33. The van der Waals surface area contributed by atoms with E-state index in [0.717, 1.165) is 93.7 Å². The van der Waals surface area contributed by atoms with Crippen LogP contribution in [0.3, 0.4) is 0 Å². The number of carbonyl (C=O) groups excluding carboxylic acids is 5. The molecule has 6 aliphatic rings. The maximum Gasteiger partial charge on any atom is 0.417 e. The van der Waals surface area contributed by atoms with E-state index in [9.17, 15) is 42.4 Å². The van der Waals surface area contributed by atoms with Crippen LogP contribution in [0.1, 0.15) is 94.1 Å². The Kier molecular flexibility index (Phi) is 10.7. The number of rotatable bonds is 6. The lowest BCUT2D eigenvalue weighted by atomic mass is 9.73. The highest BCUT2D eigenvalue weighted by atomic mass is 19.4. The van der Waals surface area contributed by atoms with Gasteiger partial charge in [-0.3, -0.25) is 39.1 Å². The normalized spacial score (nSPS) is 23.6. The number of fused-ring (bicyclic) bond motifs is 1. The van der Waals surface area contributed by atoms with Crippen LogP contribution in [0.15, 0.2) is 60.7 Å². The quantitative estimate of drug-likeness (QED) is 0.326. The van der Waals surface area contributed by atoms with Crippen molar-refractivity contribution in [3.63, 3.8) is 0 Å². The number of amides is 5. The van der Waals surface area contributed by atoms with Crippen molar-refractivity contribution in [3.05, 3.63) is 88.5 Å². The standard InChI is InChI=1S/C46H49F3N8O5/c1-29-45(16-21-56(29)35-7-4-31(28-50)38(27-35)46(47,48)49)14-19-53(20-15-45)32-5-2-30(3-6-32)42(60)55-24-22-54(23-25-55)33-12-17-52(18-13-33)34-8-9-36-37(26-34)44(62)57(43(36)61)39-10-11-40(58)51-41(39)59/h2-9,26-27,29,33,39H,10-25H2,1H3,(H,51,58,59). The van der Waals surface area contributed by atoms with Crippen molar-refractivity contribution in [2.45, 2.75) is 76.2 Å². The van der Waals surface area contributed by atoms with Gasteiger partial charge in [0.05, 0.1) is 28.3 Å². The number of imide groups is 2. The molecule has 0 bridgehead atoms. The second kappa shape index (κ2) is 16.1. The summed E-state index contributed by atoms with van der Waals surface area (Å²) in [7, 11) is 0. The molecule has 2 unspecified atom stereocenters. The summed E-state index contributed by atoms with van der Waals surface area (Å²) in [4.78, 5) is 76.2. The molecule has 16 heteroatoms. The van der Waals surface area contributed by atoms with Crippen molar-refractivity contribution in [2.24, 2.45) is 5.41 Å². The maximum atomic E-state index is 13.7. The van der Waals surface area contributed by atoms with Crippen LogP contribution < -0.4 is 20.0 Å². The van der Waals surface area contributed by atoms with E-state index >= 15 is 0 Å². The Morgan fingerprint density at radius 2 is 1.37 bits per heavy atom. The molecule has 324 valence electrons. The number of nitriles is 1. The number of alkyl halides is 3. The minimum absolute atomic E-state index is 0.0146. The average molecular weight is 851 g/mol. The van der Waals surface area contributed by atoms with Crippen LogP contribution in [-0.2, 0) is 15.8 Å². The van der Waals surface area contributed by atoms with Crippen molar-refractivity contribution >= 4 is 46.6 Å². The molecule has 1 spiro atoms. The Morgan fingerprint density at radius 1 is 0.742 bits per heavy atom. The summed E-state index contributed by atoms with van der Waals surface area (Å²) in [5, 5.41) is 11.5. The molecule has 62 heavy (non-hydrogen) atoms. The smallest absolute Gasteiger partial charge is 0.371 e. The zero-order valence-corrected chi connectivity index (χ0v) is 34.6. The lowest BCUT2D eigenvalue weighted by Crippen LogP contribution is -2.54. The van der Waals surface area contributed by atoms with E-state index in [1.165, 1.54) is 6.07 Å². The summed E-state index contributed by atoms with van der Waals surface area (Å²) in [6, 6.07) is 18.2. The van der Waals surface area contributed by atoms with Gasteiger partial charge in [-0.15, -0.1) is 0 Å². The fourth-order valence-corrected chi connectivity index (χ4v) is 10.8. The molecule has 5 saturated heterocycles. The second-order valence-electron chi connectivity index (χ2n) is 17.6. The molecule has 3 aromatic rings. The third-order valence-corrected chi connectivity index (χ3v) is 14.6. The molecule has 5 fully saturated rings. The van der Waals surface area contributed by atoms with Gasteiger partial charge in [-0.05, 0) is 112 Å². The molecule has 6 heterocycles. The van der Waals surface area contributed by atoms with E-state index in [1.807, 2.05) is 35.2 Å². The van der Waals surface area contributed by atoms with Crippen molar-refractivity contribution < 1.29 is 37.1 Å². The van der Waals surface area contributed by atoms with Gasteiger partial charge >= 0.3 is 6.18 Å². The monoisotopic (exact) mass is 850 g/mol. The third kappa shape index (κ3) is 7.43. The molecule has 3 aromatic carbocycles. The second-order valence-corrected chi connectivity index (χ2v) is 17.6. The number of hydrogen-bond acceptors (Lipinski definition) is 10. The molecule has 0 aliphatic carbocycles. The van der Waals surface area contributed by atoms with Gasteiger partial charge in [0.2, 0.25) is 11.8 Å². The minimum atomic E-state index is -4.60. The van der Waals surface area contributed by atoms with Gasteiger partial charge in [0.1, 0.15) is 6.04 Å². The van der Waals surface area contributed by atoms with Crippen LogP contribution in [0, 0.1) is 16.7 Å². The molecule has 13 nitrogen and oxygen atoms in total. The molecular weight excluding hydrogens is 802 g/mol. The van der Waals surface area contributed by atoms with Crippen LogP contribution in [0.5, 0.6) is 0 Å². The van der Waals surface area contributed by atoms with Gasteiger partial charge in [0.25, 0.3) is 17.7 Å². The number of anilines is 3. The highest BCUT2D eigenvalue weighted by Gasteiger charge is 2.48. The van der Waals surface area contributed by atoms with Crippen molar-refractivity contribution in [2.75, 3.05) is 73.6 Å². The largest absolute Gasteiger partial charge is 0.417 e. The summed E-state index contributed by atoms with van der Waals surface area (Å²) in [6.07, 6.45) is 0.117. The first kappa shape index (κ1) is 41.4. The van der Waals surface area contributed by atoms with Crippen LogP contribution >= 0.6 is 0 Å². The fourth-order valence-electron chi connectivity index (χ4n) is 10.8. The molecule has 2 atom stereocenters. The Hall–Kier alpha value is -5.95. The molecule has 1 N–H and O–H groups in total. The number of halogens is 3. The fraction of sp³-hybridized carbons (Fsp3) is 0.478. The highest BCUT2D eigenvalue weighted by molar-refractivity contribution is 6.23. The van der Waals surface area contributed by atoms with E-state index in [4.69, 9.17) is 0 Å². The zero-order chi connectivity index (χ0) is 43.5. The Morgan fingerprint density at radius 3 is 2.03 bits per heavy atom. The van der Waals surface area contributed by atoms with E-state index in [1.54, 1.807) is 24.3 Å². The maximum absolute atomic E-state index is 13.7. The third-order valence-electron chi connectivity index (χ3n) is 14.6. The number of carbonyl (C=O) groups is 5. The van der Waals surface area contributed by atoms with Crippen molar-refractivity contribution in [1.29, 1.82) is 5.26 Å². The number of piperazine rings is 1. The number of nitrogens with zero attached hydrogens (tertiary/aromatic N) is 7. The Bertz CT molecular complexity index is 2340. The summed E-state index contributed by atoms with van der Waals surface area (Å²) in [6.45, 7) is 8.76. The lowest BCUT2D eigenvalue weighted by Gasteiger charge is -2.44. The van der Waals surface area contributed by atoms with Crippen LogP contribution in [0.2, 0.25) is 0 Å². The van der Waals surface area contributed by atoms with E-state index < -0.39 is 41.4 Å². The predicted octanol–water partition coefficient (Wildman–Crippen LogP) is 5.29. The minimum Gasteiger partial charge on any atom is -0.371 e. The molecule has 9 rings (SSSR count). The van der Waals surface area contributed by atoms with Gasteiger partial charge < -0.3 is 19.6 Å². The van der Waals surface area contributed by atoms with Crippen LogP contribution in [-0.4, -0.2) is 121 Å². The average Bonchev–Trinajstić information content (AvgIpc) is 3.73. The summed E-state index contributed by atoms with van der Waals surface area (Å²) < 4.78 is 41.1. The highest BCUT2D eigenvalue weighted by Crippen LogP contribution is 2.48. The molecule has 0 saturated carbocycles. The first-order chi connectivity index (χ1) is 29.7. The number of piperidine rings is 3. The van der Waals surface area contributed by atoms with E-state index in [2.05, 4.69) is 31.8 Å².